The first kappa shape index (κ1) is 17.2. The van der Waals surface area contributed by atoms with Gasteiger partial charge in [0.2, 0.25) is 0 Å². The van der Waals surface area contributed by atoms with Crippen LogP contribution in [0.4, 0.5) is 11.5 Å². The molecule has 0 atom stereocenters. The molecule has 7 nitrogen and oxygen atoms in total. The molecule has 1 amide bonds. The average molecular weight is 361 g/mol. The van der Waals surface area contributed by atoms with Crippen LogP contribution in [0, 0.1) is 10.1 Å². The Labute approximate surface area is 149 Å². The van der Waals surface area contributed by atoms with E-state index in [0.717, 1.165) is 24.5 Å². The van der Waals surface area contributed by atoms with Gasteiger partial charge in [0.15, 0.2) is 0 Å². The largest absolute Gasteiger partial charge is 0.357 e. The summed E-state index contributed by atoms with van der Waals surface area (Å²) in [5, 5.41) is 14.0. The van der Waals surface area contributed by atoms with Gasteiger partial charge in [0.25, 0.3) is 11.6 Å². The molecule has 0 aliphatic carbocycles. The summed E-state index contributed by atoms with van der Waals surface area (Å²) in [6, 6.07) is 7.80. The van der Waals surface area contributed by atoms with Crippen LogP contribution >= 0.6 is 11.6 Å². The zero-order valence-electron chi connectivity index (χ0n) is 13.4. The summed E-state index contributed by atoms with van der Waals surface area (Å²) in [5.74, 6) is 0.410. The number of rotatable bonds is 5. The van der Waals surface area contributed by atoms with Crippen LogP contribution in [0.3, 0.4) is 0 Å². The summed E-state index contributed by atoms with van der Waals surface area (Å²) in [6.07, 6.45) is 4.07. The Morgan fingerprint density at radius 2 is 2.04 bits per heavy atom. The zero-order chi connectivity index (χ0) is 17.8. The van der Waals surface area contributed by atoms with E-state index >= 15 is 0 Å². The van der Waals surface area contributed by atoms with Crippen molar-refractivity contribution < 1.29 is 9.72 Å². The van der Waals surface area contributed by atoms with Crippen LogP contribution in [0.15, 0.2) is 36.5 Å². The molecule has 0 unspecified atom stereocenters. The molecule has 1 saturated heterocycles. The fourth-order valence-electron chi connectivity index (χ4n) is 2.78. The lowest BCUT2D eigenvalue weighted by Gasteiger charge is -2.16. The van der Waals surface area contributed by atoms with Gasteiger partial charge in [0.05, 0.1) is 4.92 Å². The first-order valence-electron chi connectivity index (χ1n) is 7.96. The Bertz CT molecular complexity index is 789. The fraction of sp³-hybridized carbons (Fsp3) is 0.294. The molecule has 0 radical (unpaired) electrons. The Morgan fingerprint density at radius 3 is 2.68 bits per heavy atom. The minimum absolute atomic E-state index is 0.0175. The van der Waals surface area contributed by atoms with Crippen molar-refractivity contribution in [3.63, 3.8) is 0 Å². The summed E-state index contributed by atoms with van der Waals surface area (Å²) < 4.78 is 0. The number of halogens is 1. The minimum Gasteiger partial charge on any atom is -0.357 e. The van der Waals surface area contributed by atoms with Gasteiger partial charge in [0, 0.05) is 36.9 Å². The SMILES string of the molecule is O=C(NCc1ccc(N2CCCC2)nc1)c1ccc(Cl)cc1[N+](=O)[O-]. The normalized spacial score (nSPS) is 13.7. The number of pyridine rings is 1. The van der Waals surface area contributed by atoms with Crippen LogP contribution in [0.2, 0.25) is 5.02 Å². The minimum atomic E-state index is -0.618. The Hall–Kier alpha value is -2.67. The number of amides is 1. The molecule has 2 heterocycles. The van der Waals surface area contributed by atoms with Crippen molar-refractivity contribution in [3.8, 4) is 0 Å². The van der Waals surface area contributed by atoms with E-state index < -0.39 is 10.8 Å². The van der Waals surface area contributed by atoms with E-state index in [9.17, 15) is 14.9 Å². The van der Waals surface area contributed by atoms with E-state index in [4.69, 9.17) is 11.6 Å². The van der Waals surface area contributed by atoms with Crippen molar-refractivity contribution in [1.82, 2.24) is 10.3 Å². The summed E-state index contributed by atoms with van der Waals surface area (Å²) in [7, 11) is 0. The quantitative estimate of drug-likeness (QED) is 0.653. The van der Waals surface area contributed by atoms with Crippen molar-refractivity contribution in [1.29, 1.82) is 0 Å². The third-order valence-corrected chi connectivity index (χ3v) is 4.33. The van der Waals surface area contributed by atoms with Crippen LogP contribution in [-0.4, -0.2) is 28.9 Å². The monoisotopic (exact) mass is 360 g/mol. The van der Waals surface area contributed by atoms with E-state index in [2.05, 4.69) is 15.2 Å². The van der Waals surface area contributed by atoms with Gasteiger partial charge in [-0.15, -0.1) is 0 Å². The van der Waals surface area contributed by atoms with Gasteiger partial charge in [-0.1, -0.05) is 17.7 Å². The smallest absolute Gasteiger partial charge is 0.283 e. The highest BCUT2D eigenvalue weighted by atomic mass is 35.5. The maximum Gasteiger partial charge on any atom is 0.283 e. The molecule has 0 saturated carbocycles. The summed E-state index contributed by atoms with van der Waals surface area (Å²) in [5.41, 5.74) is 0.497. The van der Waals surface area contributed by atoms with Gasteiger partial charge in [-0.3, -0.25) is 14.9 Å². The number of carbonyl (C=O) groups is 1. The number of carbonyl (C=O) groups excluding carboxylic acids is 1. The first-order valence-corrected chi connectivity index (χ1v) is 8.34. The van der Waals surface area contributed by atoms with Gasteiger partial charge >= 0.3 is 0 Å². The maximum atomic E-state index is 12.2. The van der Waals surface area contributed by atoms with E-state index in [1.54, 1.807) is 6.20 Å². The molecule has 0 bridgehead atoms. The van der Waals surface area contributed by atoms with E-state index in [1.807, 2.05) is 12.1 Å². The lowest BCUT2D eigenvalue weighted by atomic mass is 10.1. The number of nitro groups is 1. The van der Waals surface area contributed by atoms with Crippen molar-refractivity contribution in [2.24, 2.45) is 0 Å². The standard InChI is InChI=1S/C17H17ClN4O3/c18-13-4-5-14(15(9-13)22(24)25)17(23)20-11-12-3-6-16(19-10-12)21-7-1-2-8-21/h3-6,9-10H,1-2,7-8,11H2,(H,20,23). The zero-order valence-corrected chi connectivity index (χ0v) is 14.2. The highest BCUT2D eigenvalue weighted by molar-refractivity contribution is 6.31. The third kappa shape index (κ3) is 4.06. The second-order valence-electron chi connectivity index (χ2n) is 5.82. The van der Waals surface area contributed by atoms with E-state index in [1.165, 1.54) is 31.0 Å². The Kier molecular flexibility index (Phi) is 5.14. The molecule has 1 aromatic heterocycles. The number of aromatic nitrogens is 1. The number of anilines is 1. The van der Waals surface area contributed by atoms with Crippen molar-refractivity contribution in [2.45, 2.75) is 19.4 Å². The molecular weight excluding hydrogens is 344 g/mol. The number of nitro benzene ring substituents is 1. The van der Waals surface area contributed by atoms with Gasteiger partial charge in [0.1, 0.15) is 11.4 Å². The molecule has 130 valence electrons. The van der Waals surface area contributed by atoms with Crippen LogP contribution in [-0.2, 0) is 6.54 Å². The highest BCUT2D eigenvalue weighted by Crippen LogP contribution is 2.23. The topological polar surface area (TPSA) is 88.4 Å². The first-order chi connectivity index (χ1) is 12.0. The predicted octanol–water partition coefficient (Wildman–Crippen LogP) is 3.17. The number of hydrogen-bond acceptors (Lipinski definition) is 5. The number of nitrogens with zero attached hydrogens (tertiary/aromatic N) is 3. The molecule has 1 aliphatic rings. The molecule has 8 heteroatoms. The van der Waals surface area contributed by atoms with Gasteiger partial charge < -0.3 is 10.2 Å². The maximum absolute atomic E-state index is 12.2. The third-order valence-electron chi connectivity index (χ3n) is 4.09. The summed E-state index contributed by atoms with van der Waals surface area (Å²) in [6.45, 7) is 2.28. The van der Waals surface area contributed by atoms with Gasteiger partial charge in [-0.05, 0) is 36.6 Å². The summed E-state index contributed by atoms with van der Waals surface area (Å²) in [4.78, 5) is 29.3. The van der Waals surface area contributed by atoms with Crippen LogP contribution in [0.5, 0.6) is 0 Å². The van der Waals surface area contributed by atoms with Crippen molar-refractivity contribution in [2.75, 3.05) is 18.0 Å². The Morgan fingerprint density at radius 1 is 1.28 bits per heavy atom. The molecular formula is C17H17ClN4O3. The molecule has 1 aliphatic heterocycles. The summed E-state index contributed by atoms with van der Waals surface area (Å²) >= 11 is 5.76. The lowest BCUT2D eigenvalue weighted by Crippen LogP contribution is -2.24. The average Bonchev–Trinajstić information content (AvgIpc) is 3.14. The molecule has 0 spiro atoms. The van der Waals surface area contributed by atoms with E-state index in [0.29, 0.717) is 0 Å². The molecule has 2 aromatic rings. The predicted molar refractivity (Wildman–Crippen MR) is 95.0 cm³/mol. The second kappa shape index (κ2) is 7.48. The fourth-order valence-corrected chi connectivity index (χ4v) is 2.95. The van der Waals surface area contributed by atoms with Gasteiger partial charge in [-0.2, -0.15) is 0 Å². The van der Waals surface area contributed by atoms with Crippen LogP contribution in [0.1, 0.15) is 28.8 Å². The van der Waals surface area contributed by atoms with Crippen LogP contribution in [0.25, 0.3) is 0 Å². The molecule has 1 N–H and O–H groups in total. The molecule has 25 heavy (non-hydrogen) atoms. The number of hydrogen-bond donors (Lipinski definition) is 1. The van der Waals surface area contributed by atoms with Crippen LogP contribution < -0.4 is 10.2 Å². The van der Waals surface area contributed by atoms with Crippen molar-refractivity contribution >= 4 is 29.0 Å². The Balaban J connectivity index is 1.65. The lowest BCUT2D eigenvalue weighted by molar-refractivity contribution is -0.385. The van der Waals surface area contributed by atoms with Gasteiger partial charge in [-0.25, -0.2) is 4.98 Å². The number of benzene rings is 1. The number of nitrogens with one attached hydrogen (secondary N) is 1. The molecule has 1 aromatic carbocycles. The molecule has 1 fully saturated rings. The highest BCUT2D eigenvalue weighted by Gasteiger charge is 2.20. The second-order valence-corrected chi connectivity index (χ2v) is 6.26. The van der Waals surface area contributed by atoms with E-state index in [-0.39, 0.29) is 22.8 Å². The molecule has 3 rings (SSSR count). The van der Waals surface area contributed by atoms with Crippen molar-refractivity contribution in [3.05, 3.63) is 62.8 Å².